The van der Waals surface area contributed by atoms with E-state index >= 15 is 0 Å². The Morgan fingerprint density at radius 2 is 1.96 bits per heavy atom. The summed E-state index contributed by atoms with van der Waals surface area (Å²) in [5.74, 6) is 0.365. The monoisotopic (exact) mass is 327 g/mol. The molecule has 0 atom stereocenters. The van der Waals surface area contributed by atoms with Gasteiger partial charge in [-0.15, -0.1) is 10.2 Å². The van der Waals surface area contributed by atoms with Crippen LogP contribution in [-0.4, -0.2) is 32.2 Å². The van der Waals surface area contributed by atoms with E-state index in [2.05, 4.69) is 20.5 Å². The number of amides is 1. The molecule has 0 radical (unpaired) electrons. The summed E-state index contributed by atoms with van der Waals surface area (Å²) in [5.41, 5.74) is 1.39. The highest BCUT2D eigenvalue weighted by Gasteiger charge is 2.08. The third kappa shape index (κ3) is 3.92. The maximum Gasteiger partial charge on any atom is 0.271 e. The molecule has 1 aromatic carbocycles. The fraction of sp³-hybridized carbons (Fsp3) is 0.125. The van der Waals surface area contributed by atoms with E-state index in [4.69, 9.17) is 11.6 Å². The van der Waals surface area contributed by atoms with Crippen LogP contribution in [0.5, 0.6) is 0 Å². The normalized spacial score (nSPS) is 10.5. The highest BCUT2D eigenvalue weighted by molar-refractivity contribution is 6.30. The second-order valence-electron chi connectivity index (χ2n) is 4.88. The number of aromatic nitrogens is 4. The molecule has 2 heterocycles. The predicted molar refractivity (Wildman–Crippen MR) is 86.6 cm³/mol. The standard InChI is InChI=1S/C16H14ClN5O/c17-13-3-1-12(2-4-13)7-8-19-16(23)14-5-6-15(21-20-14)22-10-9-18-11-22/h1-6,9-11H,7-8H2,(H,19,23). The summed E-state index contributed by atoms with van der Waals surface area (Å²) in [6, 6.07) is 10.9. The second kappa shape index (κ2) is 7.02. The van der Waals surface area contributed by atoms with Crippen LogP contribution in [-0.2, 0) is 6.42 Å². The number of nitrogens with zero attached hydrogens (tertiary/aromatic N) is 4. The van der Waals surface area contributed by atoms with Crippen molar-refractivity contribution in [2.75, 3.05) is 6.54 Å². The van der Waals surface area contributed by atoms with Crippen LogP contribution in [0.2, 0.25) is 5.02 Å². The van der Waals surface area contributed by atoms with Crippen LogP contribution in [0.1, 0.15) is 16.1 Å². The van der Waals surface area contributed by atoms with Gasteiger partial charge < -0.3 is 5.32 Å². The van der Waals surface area contributed by atoms with Crippen molar-refractivity contribution in [3.8, 4) is 5.82 Å². The zero-order valence-corrected chi connectivity index (χ0v) is 12.9. The quantitative estimate of drug-likeness (QED) is 0.780. The van der Waals surface area contributed by atoms with E-state index in [-0.39, 0.29) is 11.6 Å². The van der Waals surface area contributed by atoms with Crippen LogP contribution < -0.4 is 5.32 Å². The van der Waals surface area contributed by atoms with Gasteiger partial charge in [0.2, 0.25) is 0 Å². The first-order valence-electron chi connectivity index (χ1n) is 7.07. The van der Waals surface area contributed by atoms with Crippen LogP contribution in [0, 0.1) is 0 Å². The molecule has 3 aromatic rings. The first-order valence-corrected chi connectivity index (χ1v) is 7.45. The molecule has 3 rings (SSSR count). The molecule has 0 aliphatic carbocycles. The zero-order chi connectivity index (χ0) is 16.1. The van der Waals surface area contributed by atoms with E-state index < -0.39 is 0 Å². The van der Waals surface area contributed by atoms with Gasteiger partial charge >= 0.3 is 0 Å². The molecule has 1 N–H and O–H groups in total. The van der Waals surface area contributed by atoms with E-state index in [1.54, 1.807) is 35.4 Å². The summed E-state index contributed by atoms with van der Waals surface area (Å²) in [7, 11) is 0. The van der Waals surface area contributed by atoms with E-state index in [1.165, 1.54) is 0 Å². The summed E-state index contributed by atoms with van der Waals surface area (Å²) < 4.78 is 1.72. The van der Waals surface area contributed by atoms with Crippen molar-refractivity contribution in [1.29, 1.82) is 0 Å². The summed E-state index contributed by atoms with van der Waals surface area (Å²) in [6.07, 6.45) is 5.76. The molecular weight excluding hydrogens is 314 g/mol. The molecule has 0 aliphatic rings. The minimum absolute atomic E-state index is 0.247. The minimum Gasteiger partial charge on any atom is -0.350 e. The van der Waals surface area contributed by atoms with Crippen LogP contribution in [0.4, 0.5) is 0 Å². The van der Waals surface area contributed by atoms with Gasteiger partial charge in [0.15, 0.2) is 11.5 Å². The molecular formula is C16H14ClN5O. The Kier molecular flexibility index (Phi) is 4.63. The lowest BCUT2D eigenvalue weighted by molar-refractivity contribution is 0.0948. The molecule has 0 fully saturated rings. The van der Waals surface area contributed by atoms with E-state index in [9.17, 15) is 4.79 Å². The van der Waals surface area contributed by atoms with Gasteiger partial charge in [-0.1, -0.05) is 23.7 Å². The molecule has 116 valence electrons. The first kappa shape index (κ1) is 15.2. The van der Waals surface area contributed by atoms with Crippen LogP contribution >= 0.6 is 11.6 Å². The Balaban J connectivity index is 1.55. The molecule has 0 aliphatic heterocycles. The fourth-order valence-electron chi connectivity index (χ4n) is 2.04. The van der Waals surface area contributed by atoms with Gasteiger partial charge in [0.05, 0.1) is 0 Å². The van der Waals surface area contributed by atoms with Crippen molar-refractivity contribution in [1.82, 2.24) is 25.1 Å². The molecule has 7 heteroatoms. The van der Waals surface area contributed by atoms with Crippen LogP contribution in [0.25, 0.3) is 5.82 Å². The van der Waals surface area contributed by atoms with E-state index in [0.29, 0.717) is 17.4 Å². The lowest BCUT2D eigenvalue weighted by Gasteiger charge is -2.05. The molecule has 1 amide bonds. The smallest absolute Gasteiger partial charge is 0.271 e. The zero-order valence-electron chi connectivity index (χ0n) is 12.2. The lowest BCUT2D eigenvalue weighted by Crippen LogP contribution is -2.26. The number of benzene rings is 1. The van der Waals surface area contributed by atoms with Crippen molar-refractivity contribution >= 4 is 17.5 Å². The van der Waals surface area contributed by atoms with Gasteiger partial charge in [0, 0.05) is 24.0 Å². The Morgan fingerprint density at radius 3 is 2.61 bits per heavy atom. The number of imidazole rings is 1. The SMILES string of the molecule is O=C(NCCc1ccc(Cl)cc1)c1ccc(-n2ccnc2)nn1. The lowest BCUT2D eigenvalue weighted by atomic mass is 10.1. The molecule has 2 aromatic heterocycles. The number of rotatable bonds is 5. The average molecular weight is 328 g/mol. The molecule has 0 saturated heterocycles. The summed E-state index contributed by atoms with van der Waals surface area (Å²) in [6.45, 7) is 0.519. The highest BCUT2D eigenvalue weighted by atomic mass is 35.5. The summed E-state index contributed by atoms with van der Waals surface area (Å²) >= 11 is 5.84. The van der Waals surface area contributed by atoms with Crippen molar-refractivity contribution in [3.63, 3.8) is 0 Å². The third-order valence-corrected chi connectivity index (χ3v) is 3.52. The number of carbonyl (C=O) groups excluding carboxylic acids is 1. The third-order valence-electron chi connectivity index (χ3n) is 3.26. The molecule has 6 nitrogen and oxygen atoms in total. The molecule has 0 spiro atoms. The van der Waals surface area contributed by atoms with Gasteiger partial charge in [0.25, 0.3) is 5.91 Å². The fourth-order valence-corrected chi connectivity index (χ4v) is 2.17. The van der Waals surface area contributed by atoms with Crippen LogP contribution in [0.3, 0.4) is 0 Å². The topological polar surface area (TPSA) is 72.7 Å². The maximum atomic E-state index is 12.0. The Hall–Kier alpha value is -2.73. The first-order chi connectivity index (χ1) is 11.2. The number of halogens is 1. The molecule has 23 heavy (non-hydrogen) atoms. The average Bonchev–Trinajstić information content (AvgIpc) is 3.11. The largest absolute Gasteiger partial charge is 0.350 e. The maximum absolute atomic E-state index is 12.0. The number of hydrogen-bond acceptors (Lipinski definition) is 4. The number of hydrogen-bond donors (Lipinski definition) is 1. The van der Waals surface area contributed by atoms with Crippen LogP contribution in [0.15, 0.2) is 55.1 Å². The predicted octanol–water partition coefficient (Wildman–Crippen LogP) is 2.29. The second-order valence-corrected chi connectivity index (χ2v) is 5.32. The Morgan fingerprint density at radius 1 is 1.13 bits per heavy atom. The van der Waals surface area contributed by atoms with E-state index in [1.807, 2.05) is 24.3 Å². The molecule has 0 saturated carbocycles. The van der Waals surface area contributed by atoms with E-state index in [0.717, 1.165) is 12.0 Å². The van der Waals surface area contributed by atoms with Gasteiger partial charge in [-0.2, -0.15) is 0 Å². The van der Waals surface area contributed by atoms with Gasteiger partial charge in [-0.25, -0.2) is 4.98 Å². The highest BCUT2D eigenvalue weighted by Crippen LogP contribution is 2.09. The van der Waals surface area contributed by atoms with Crippen molar-refractivity contribution in [2.24, 2.45) is 0 Å². The molecule has 0 bridgehead atoms. The Bertz CT molecular complexity index is 769. The van der Waals surface area contributed by atoms with Gasteiger partial charge in [-0.3, -0.25) is 9.36 Å². The number of nitrogens with one attached hydrogen (secondary N) is 1. The summed E-state index contributed by atoms with van der Waals surface area (Å²) in [5, 5.41) is 11.5. The minimum atomic E-state index is -0.247. The van der Waals surface area contributed by atoms with Gasteiger partial charge in [-0.05, 0) is 36.2 Å². The van der Waals surface area contributed by atoms with Crippen molar-refractivity contribution in [2.45, 2.75) is 6.42 Å². The Labute approximate surface area is 138 Å². The van der Waals surface area contributed by atoms with Crippen molar-refractivity contribution < 1.29 is 4.79 Å². The number of carbonyl (C=O) groups is 1. The molecule has 0 unspecified atom stereocenters. The summed E-state index contributed by atoms with van der Waals surface area (Å²) in [4.78, 5) is 16.0. The van der Waals surface area contributed by atoms with Crippen molar-refractivity contribution in [3.05, 3.63) is 71.4 Å². The van der Waals surface area contributed by atoms with Gasteiger partial charge in [0.1, 0.15) is 6.33 Å².